The van der Waals surface area contributed by atoms with Crippen molar-refractivity contribution in [1.29, 1.82) is 0 Å². The minimum Gasteiger partial charge on any atom is -0.392 e. The molecule has 0 saturated heterocycles. The number of carbonyl (C=O) groups is 3. The average Bonchev–Trinajstić information content (AvgIpc) is 2.66. The predicted molar refractivity (Wildman–Crippen MR) is 107 cm³/mol. The van der Waals surface area contributed by atoms with Crippen LogP contribution in [0.4, 0.5) is 10.5 Å². The fraction of sp³-hybridized carbons (Fsp3) is 0.526. The molecule has 0 aliphatic rings. The van der Waals surface area contributed by atoms with Gasteiger partial charge in [0, 0.05) is 12.2 Å². The standard InChI is InChI=1S/C19H31N5O4/c1-12(2)16(20)18(27)24-15(5-3-4-10-22-19(21)28)17(26)23-14-8-6-13(11-25)7-9-14/h6-9,12,15-16,25H,3-5,10-11,20H2,1-2H3,(H,23,26)(H,24,27)(H3,21,22,28)/t15-,16-/m0/s1. The summed E-state index contributed by atoms with van der Waals surface area (Å²) in [7, 11) is 0. The van der Waals surface area contributed by atoms with Crippen LogP contribution in [0, 0.1) is 5.92 Å². The van der Waals surface area contributed by atoms with E-state index in [1.165, 1.54) is 0 Å². The minimum absolute atomic E-state index is 0.0606. The highest BCUT2D eigenvalue weighted by atomic mass is 16.3. The maximum absolute atomic E-state index is 12.7. The van der Waals surface area contributed by atoms with Crippen molar-refractivity contribution >= 4 is 23.5 Å². The molecular weight excluding hydrogens is 362 g/mol. The van der Waals surface area contributed by atoms with E-state index in [2.05, 4.69) is 16.0 Å². The summed E-state index contributed by atoms with van der Waals surface area (Å²) in [5.74, 6) is -0.806. The Kier molecular flexibility index (Phi) is 9.97. The molecule has 9 heteroatoms. The zero-order valence-electron chi connectivity index (χ0n) is 16.4. The molecule has 0 saturated carbocycles. The SMILES string of the molecule is CC(C)[C@H](N)C(=O)N[C@@H](CCCCNC(N)=O)C(=O)Nc1ccc(CO)cc1. The summed E-state index contributed by atoms with van der Waals surface area (Å²) in [6.45, 7) is 3.97. The highest BCUT2D eigenvalue weighted by Gasteiger charge is 2.25. The first kappa shape index (κ1) is 23.4. The zero-order valence-corrected chi connectivity index (χ0v) is 16.4. The van der Waals surface area contributed by atoms with Crippen molar-refractivity contribution in [3.05, 3.63) is 29.8 Å². The average molecular weight is 393 g/mol. The lowest BCUT2D eigenvalue weighted by molar-refractivity contribution is -0.128. The molecule has 0 spiro atoms. The first-order valence-corrected chi connectivity index (χ1v) is 9.34. The van der Waals surface area contributed by atoms with Gasteiger partial charge >= 0.3 is 6.03 Å². The van der Waals surface area contributed by atoms with E-state index in [0.29, 0.717) is 31.5 Å². The summed E-state index contributed by atoms with van der Waals surface area (Å²) < 4.78 is 0. The van der Waals surface area contributed by atoms with E-state index in [0.717, 1.165) is 5.56 Å². The van der Waals surface area contributed by atoms with Crippen LogP contribution in [-0.4, -0.2) is 41.6 Å². The number of primary amides is 1. The number of aliphatic hydroxyl groups excluding tert-OH is 1. The first-order chi connectivity index (χ1) is 13.2. The van der Waals surface area contributed by atoms with Gasteiger partial charge in [-0.3, -0.25) is 9.59 Å². The van der Waals surface area contributed by atoms with Crippen LogP contribution in [0.1, 0.15) is 38.7 Å². The lowest BCUT2D eigenvalue weighted by atomic mass is 10.0. The summed E-state index contributed by atoms with van der Waals surface area (Å²) in [5.41, 5.74) is 12.2. The fourth-order valence-corrected chi connectivity index (χ4v) is 2.45. The Morgan fingerprint density at radius 3 is 2.25 bits per heavy atom. The molecule has 0 aliphatic heterocycles. The van der Waals surface area contributed by atoms with E-state index in [1.54, 1.807) is 24.3 Å². The van der Waals surface area contributed by atoms with Crippen LogP contribution in [0.15, 0.2) is 24.3 Å². The minimum atomic E-state index is -0.761. The second-order valence-corrected chi connectivity index (χ2v) is 6.96. The lowest BCUT2D eigenvalue weighted by Gasteiger charge is -2.22. The quantitative estimate of drug-likeness (QED) is 0.300. The molecule has 0 fully saturated rings. The Morgan fingerprint density at radius 2 is 1.71 bits per heavy atom. The van der Waals surface area contributed by atoms with Crippen molar-refractivity contribution < 1.29 is 19.5 Å². The molecule has 0 unspecified atom stereocenters. The number of nitrogens with one attached hydrogen (secondary N) is 3. The van der Waals surface area contributed by atoms with Gasteiger partial charge in [0.2, 0.25) is 11.8 Å². The van der Waals surface area contributed by atoms with Crippen molar-refractivity contribution in [2.75, 3.05) is 11.9 Å². The van der Waals surface area contributed by atoms with E-state index in [4.69, 9.17) is 16.6 Å². The Balaban J connectivity index is 2.71. The third-order valence-electron chi connectivity index (χ3n) is 4.28. The van der Waals surface area contributed by atoms with Crippen LogP contribution in [-0.2, 0) is 16.2 Å². The van der Waals surface area contributed by atoms with Crippen molar-refractivity contribution in [1.82, 2.24) is 10.6 Å². The normalized spacial score (nSPS) is 12.9. The van der Waals surface area contributed by atoms with Crippen molar-refractivity contribution in [2.45, 2.75) is 51.8 Å². The van der Waals surface area contributed by atoms with Gasteiger partial charge in [0.15, 0.2) is 0 Å². The number of unbranched alkanes of at least 4 members (excludes halogenated alkanes) is 1. The van der Waals surface area contributed by atoms with Crippen LogP contribution in [0.5, 0.6) is 0 Å². The summed E-state index contributed by atoms with van der Waals surface area (Å²) in [5, 5.41) is 17.0. The highest BCUT2D eigenvalue weighted by Crippen LogP contribution is 2.12. The molecule has 4 amide bonds. The van der Waals surface area contributed by atoms with Crippen LogP contribution in [0.2, 0.25) is 0 Å². The molecule has 1 aromatic rings. The predicted octanol–water partition coefficient (Wildman–Crippen LogP) is 0.424. The number of benzene rings is 1. The Hall–Kier alpha value is -2.65. The number of aliphatic hydroxyl groups is 1. The molecule has 1 rings (SSSR count). The van der Waals surface area contributed by atoms with E-state index >= 15 is 0 Å². The van der Waals surface area contributed by atoms with Gasteiger partial charge < -0.3 is 32.5 Å². The van der Waals surface area contributed by atoms with Crippen molar-refractivity contribution in [3.8, 4) is 0 Å². The fourth-order valence-electron chi connectivity index (χ4n) is 2.45. The number of urea groups is 1. The number of anilines is 1. The van der Waals surface area contributed by atoms with Gasteiger partial charge in [-0.05, 0) is 42.9 Å². The van der Waals surface area contributed by atoms with E-state index in [1.807, 2.05) is 13.8 Å². The van der Waals surface area contributed by atoms with Crippen LogP contribution >= 0.6 is 0 Å². The second-order valence-electron chi connectivity index (χ2n) is 6.96. The number of rotatable bonds is 11. The summed E-state index contributed by atoms with van der Waals surface area (Å²) in [4.78, 5) is 35.7. The van der Waals surface area contributed by atoms with Gasteiger partial charge in [0.05, 0.1) is 12.6 Å². The monoisotopic (exact) mass is 393 g/mol. The van der Waals surface area contributed by atoms with E-state index in [9.17, 15) is 14.4 Å². The maximum atomic E-state index is 12.7. The zero-order chi connectivity index (χ0) is 21.1. The Labute approximate surface area is 165 Å². The number of hydrogen-bond donors (Lipinski definition) is 6. The van der Waals surface area contributed by atoms with Gasteiger partial charge in [-0.15, -0.1) is 0 Å². The molecule has 1 aromatic carbocycles. The molecule has 0 aliphatic carbocycles. The van der Waals surface area contributed by atoms with Gasteiger partial charge in [0.25, 0.3) is 0 Å². The molecule has 0 aromatic heterocycles. The van der Waals surface area contributed by atoms with Gasteiger partial charge in [-0.25, -0.2) is 4.79 Å². The first-order valence-electron chi connectivity index (χ1n) is 9.34. The van der Waals surface area contributed by atoms with Crippen LogP contribution in [0.25, 0.3) is 0 Å². The molecule has 156 valence electrons. The Morgan fingerprint density at radius 1 is 1.07 bits per heavy atom. The van der Waals surface area contributed by atoms with Gasteiger partial charge in [-0.2, -0.15) is 0 Å². The summed E-state index contributed by atoms with van der Waals surface area (Å²) >= 11 is 0. The summed E-state index contributed by atoms with van der Waals surface area (Å²) in [6, 6.07) is 4.69. The highest BCUT2D eigenvalue weighted by molar-refractivity contribution is 5.97. The van der Waals surface area contributed by atoms with Gasteiger partial charge in [-0.1, -0.05) is 26.0 Å². The van der Waals surface area contributed by atoms with Crippen LogP contribution in [0.3, 0.4) is 0 Å². The largest absolute Gasteiger partial charge is 0.392 e. The van der Waals surface area contributed by atoms with Crippen molar-refractivity contribution in [2.24, 2.45) is 17.4 Å². The molecule has 28 heavy (non-hydrogen) atoms. The lowest BCUT2D eigenvalue weighted by Crippen LogP contribution is -2.51. The number of amides is 4. The number of carbonyl (C=O) groups excluding carboxylic acids is 3. The topological polar surface area (TPSA) is 160 Å². The third kappa shape index (κ3) is 8.36. The molecule has 9 nitrogen and oxygen atoms in total. The summed E-state index contributed by atoms with van der Waals surface area (Å²) in [6.07, 6.45) is 1.60. The number of nitrogens with two attached hydrogens (primary N) is 2. The number of hydrogen-bond acceptors (Lipinski definition) is 5. The van der Waals surface area contributed by atoms with E-state index in [-0.39, 0.29) is 24.3 Å². The molecule has 0 radical (unpaired) electrons. The van der Waals surface area contributed by atoms with Crippen LogP contribution < -0.4 is 27.4 Å². The molecule has 0 heterocycles. The Bertz CT molecular complexity index is 648. The maximum Gasteiger partial charge on any atom is 0.312 e. The van der Waals surface area contributed by atoms with Gasteiger partial charge in [0.1, 0.15) is 6.04 Å². The van der Waals surface area contributed by atoms with Crippen molar-refractivity contribution in [3.63, 3.8) is 0 Å². The third-order valence-corrected chi connectivity index (χ3v) is 4.28. The second kappa shape index (κ2) is 11.9. The van der Waals surface area contributed by atoms with E-state index < -0.39 is 18.1 Å². The molecule has 8 N–H and O–H groups in total. The molecule has 0 bridgehead atoms. The smallest absolute Gasteiger partial charge is 0.312 e. The molecular formula is C19H31N5O4. The molecule has 2 atom stereocenters.